The number of hydrogen-bond acceptors (Lipinski definition) is 3. The van der Waals surface area contributed by atoms with Crippen LogP contribution in [0.25, 0.3) is 0 Å². The molecule has 0 aliphatic carbocycles. The van der Waals surface area contributed by atoms with Gasteiger partial charge in [0.25, 0.3) is 0 Å². The van der Waals surface area contributed by atoms with Crippen molar-refractivity contribution in [1.29, 1.82) is 0 Å². The summed E-state index contributed by atoms with van der Waals surface area (Å²) in [5, 5.41) is 0. The molecule has 19 heavy (non-hydrogen) atoms. The summed E-state index contributed by atoms with van der Waals surface area (Å²) in [6.45, 7) is 2.42. The van der Waals surface area contributed by atoms with E-state index in [4.69, 9.17) is 4.74 Å². The first kappa shape index (κ1) is 13.3. The zero-order valence-electron chi connectivity index (χ0n) is 11.3. The molecular weight excluding hydrogens is 240 g/mol. The number of benzene rings is 1. The molecule has 0 aliphatic rings. The first-order valence-electron chi connectivity index (χ1n) is 6.32. The molecule has 0 amide bonds. The second-order valence-electron chi connectivity index (χ2n) is 4.58. The predicted octanol–water partition coefficient (Wildman–Crippen LogP) is 2.31. The Labute approximate surface area is 113 Å². The van der Waals surface area contributed by atoms with Crippen LogP contribution in [0, 0.1) is 6.92 Å². The van der Waals surface area contributed by atoms with E-state index >= 15 is 0 Å². The SMILES string of the molecule is Cc1cccc(OCCC(=O)Cc2nccn2C)c1. The van der Waals surface area contributed by atoms with E-state index in [0.29, 0.717) is 19.4 Å². The number of rotatable bonds is 6. The highest BCUT2D eigenvalue weighted by molar-refractivity contribution is 5.80. The number of imidazole rings is 1. The number of Topliss-reactive ketones (excluding diaryl/α,β-unsaturated/α-hetero) is 1. The Kier molecular flexibility index (Phi) is 4.34. The van der Waals surface area contributed by atoms with Crippen LogP contribution in [-0.2, 0) is 18.3 Å². The average Bonchev–Trinajstić information content (AvgIpc) is 2.75. The number of ether oxygens (including phenoxy) is 1. The number of carbonyl (C=O) groups excluding carboxylic acids is 1. The minimum absolute atomic E-state index is 0.141. The molecule has 2 rings (SSSR count). The zero-order chi connectivity index (χ0) is 13.7. The van der Waals surface area contributed by atoms with Crippen molar-refractivity contribution in [3.63, 3.8) is 0 Å². The van der Waals surface area contributed by atoms with Gasteiger partial charge in [-0.1, -0.05) is 12.1 Å². The molecule has 0 N–H and O–H groups in total. The van der Waals surface area contributed by atoms with E-state index < -0.39 is 0 Å². The van der Waals surface area contributed by atoms with Gasteiger partial charge >= 0.3 is 0 Å². The van der Waals surface area contributed by atoms with Crippen LogP contribution in [0.2, 0.25) is 0 Å². The van der Waals surface area contributed by atoms with Crippen LogP contribution in [0.1, 0.15) is 17.8 Å². The Balaban J connectivity index is 1.77. The van der Waals surface area contributed by atoms with Crippen molar-refractivity contribution < 1.29 is 9.53 Å². The maximum absolute atomic E-state index is 11.8. The second-order valence-corrected chi connectivity index (χ2v) is 4.58. The summed E-state index contributed by atoms with van der Waals surface area (Å²) in [5.74, 6) is 1.74. The fourth-order valence-electron chi connectivity index (χ4n) is 1.82. The minimum Gasteiger partial charge on any atom is -0.493 e. The van der Waals surface area contributed by atoms with E-state index in [0.717, 1.165) is 17.1 Å². The van der Waals surface area contributed by atoms with Crippen LogP contribution in [0.5, 0.6) is 5.75 Å². The van der Waals surface area contributed by atoms with Gasteiger partial charge in [-0.25, -0.2) is 4.98 Å². The number of nitrogens with zero attached hydrogens (tertiary/aromatic N) is 2. The zero-order valence-corrected chi connectivity index (χ0v) is 11.3. The Morgan fingerprint density at radius 2 is 2.26 bits per heavy atom. The molecule has 2 aromatic rings. The smallest absolute Gasteiger partial charge is 0.143 e. The van der Waals surface area contributed by atoms with Gasteiger partial charge < -0.3 is 9.30 Å². The van der Waals surface area contributed by atoms with E-state index in [-0.39, 0.29) is 5.78 Å². The van der Waals surface area contributed by atoms with Gasteiger partial charge in [0, 0.05) is 25.9 Å². The van der Waals surface area contributed by atoms with Gasteiger partial charge in [-0.2, -0.15) is 0 Å². The summed E-state index contributed by atoms with van der Waals surface area (Å²) < 4.78 is 7.42. The van der Waals surface area contributed by atoms with Crippen molar-refractivity contribution in [3.05, 3.63) is 48.0 Å². The van der Waals surface area contributed by atoms with E-state index in [1.807, 2.05) is 49.0 Å². The minimum atomic E-state index is 0.141. The molecule has 0 fully saturated rings. The normalized spacial score (nSPS) is 10.4. The molecule has 1 aromatic heterocycles. The summed E-state index contributed by atoms with van der Waals surface area (Å²) in [6, 6.07) is 7.82. The van der Waals surface area contributed by atoms with Gasteiger partial charge in [0.2, 0.25) is 0 Å². The Morgan fingerprint density at radius 3 is 2.95 bits per heavy atom. The highest BCUT2D eigenvalue weighted by Crippen LogP contribution is 2.12. The van der Waals surface area contributed by atoms with Gasteiger partial charge in [0.05, 0.1) is 13.0 Å². The lowest BCUT2D eigenvalue weighted by atomic mass is 10.2. The molecule has 1 heterocycles. The molecule has 0 unspecified atom stereocenters. The number of carbonyl (C=O) groups is 1. The third-order valence-electron chi connectivity index (χ3n) is 2.92. The molecule has 4 heteroatoms. The van der Waals surface area contributed by atoms with Crippen molar-refractivity contribution in [2.24, 2.45) is 7.05 Å². The molecule has 100 valence electrons. The number of aryl methyl sites for hydroxylation is 2. The molecule has 0 radical (unpaired) electrons. The summed E-state index contributed by atoms with van der Waals surface area (Å²) >= 11 is 0. The van der Waals surface area contributed by atoms with Crippen LogP contribution in [0.3, 0.4) is 0 Å². The lowest BCUT2D eigenvalue weighted by molar-refractivity contribution is -0.119. The summed E-state index contributed by atoms with van der Waals surface area (Å²) in [7, 11) is 1.89. The molecule has 0 saturated carbocycles. The maximum Gasteiger partial charge on any atom is 0.143 e. The van der Waals surface area contributed by atoms with Crippen LogP contribution >= 0.6 is 0 Å². The highest BCUT2D eigenvalue weighted by atomic mass is 16.5. The van der Waals surface area contributed by atoms with Crippen LogP contribution in [0.4, 0.5) is 0 Å². The fraction of sp³-hybridized carbons (Fsp3) is 0.333. The third kappa shape index (κ3) is 3.95. The molecule has 4 nitrogen and oxygen atoms in total. The standard InChI is InChI=1S/C15H18N2O2/c1-12-4-3-5-14(10-12)19-9-6-13(18)11-15-16-7-8-17(15)2/h3-5,7-8,10H,6,9,11H2,1-2H3. The quantitative estimate of drug-likeness (QED) is 0.798. The van der Waals surface area contributed by atoms with Gasteiger partial charge in [-0.05, 0) is 24.6 Å². The predicted molar refractivity (Wildman–Crippen MR) is 73.2 cm³/mol. The second kappa shape index (κ2) is 6.18. The Hall–Kier alpha value is -2.10. The van der Waals surface area contributed by atoms with Gasteiger partial charge in [0.1, 0.15) is 17.4 Å². The highest BCUT2D eigenvalue weighted by Gasteiger charge is 2.07. The van der Waals surface area contributed by atoms with Gasteiger partial charge in [-0.3, -0.25) is 4.79 Å². The van der Waals surface area contributed by atoms with Crippen molar-refractivity contribution in [2.45, 2.75) is 19.8 Å². The van der Waals surface area contributed by atoms with E-state index in [2.05, 4.69) is 4.98 Å². The van der Waals surface area contributed by atoms with E-state index in [1.165, 1.54) is 0 Å². The largest absolute Gasteiger partial charge is 0.493 e. The first-order chi connectivity index (χ1) is 9.15. The Bertz CT molecular complexity index is 561. The number of ketones is 1. The molecule has 0 atom stereocenters. The van der Waals surface area contributed by atoms with Crippen LogP contribution in [-0.4, -0.2) is 21.9 Å². The molecule has 0 saturated heterocycles. The number of aromatic nitrogens is 2. The molecular formula is C15H18N2O2. The molecule has 0 spiro atoms. The topological polar surface area (TPSA) is 44.1 Å². The van der Waals surface area contributed by atoms with Crippen molar-refractivity contribution >= 4 is 5.78 Å². The summed E-state index contributed by atoms with van der Waals surface area (Å²) in [4.78, 5) is 15.9. The van der Waals surface area contributed by atoms with E-state index in [9.17, 15) is 4.79 Å². The molecule has 1 aromatic carbocycles. The van der Waals surface area contributed by atoms with Gasteiger partial charge in [0.15, 0.2) is 0 Å². The molecule has 0 bridgehead atoms. The summed E-state index contributed by atoms with van der Waals surface area (Å²) in [5.41, 5.74) is 1.15. The third-order valence-corrected chi connectivity index (χ3v) is 2.92. The first-order valence-corrected chi connectivity index (χ1v) is 6.32. The van der Waals surface area contributed by atoms with Crippen LogP contribution in [0.15, 0.2) is 36.7 Å². The summed E-state index contributed by atoms with van der Waals surface area (Å²) in [6.07, 6.45) is 4.30. The van der Waals surface area contributed by atoms with Crippen molar-refractivity contribution in [3.8, 4) is 5.75 Å². The van der Waals surface area contributed by atoms with Gasteiger partial charge in [-0.15, -0.1) is 0 Å². The monoisotopic (exact) mass is 258 g/mol. The average molecular weight is 258 g/mol. The maximum atomic E-state index is 11.8. The fourth-order valence-corrected chi connectivity index (χ4v) is 1.82. The van der Waals surface area contributed by atoms with Crippen molar-refractivity contribution in [1.82, 2.24) is 9.55 Å². The van der Waals surface area contributed by atoms with E-state index in [1.54, 1.807) is 6.20 Å². The Morgan fingerprint density at radius 1 is 1.42 bits per heavy atom. The lowest BCUT2D eigenvalue weighted by Crippen LogP contribution is -2.11. The lowest BCUT2D eigenvalue weighted by Gasteiger charge is -2.06. The van der Waals surface area contributed by atoms with Crippen LogP contribution < -0.4 is 4.74 Å². The van der Waals surface area contributed by atoms with Crippen molar-refractivity contribution in [2.75, 3.05) is 6.61 Å². The molecule has 0 aliphatic heterocycles. The number of hydrogen-bond donors (Lipinski definition) is 0.